The number of likely N-dealkylation sites (tertiary alicyclic amines) is 1. The Morgan fingerprint density at radius 3 is 2.38 bits per heavy atom. The van der Waals surface area contributed by atoms with Gasteiger partial charge in [-0.3, -0.25) is 9.69 Å². The molecule has 1 saturated heterocycles. The van der Waals surface area contributed by atoms with Crippen LogP contribution in [-0.4, -0.2) is 23.3 Å². The van der Waals surface area contributed by atoms with Crippen LogP contribution in [0.5, 0.6) is 0 Å². The number of nitrogens with one attached hydrogen (secondary N) is 1. The highest BCUT2D eigenvalue weighted by Crippen LogP contribution is 2.64. The van der Waals surface area contributed by atoms with Gasteiger partial charge < -0.3 is 5.32 Å². The fraction of sp³-hybridized carbons (Fsp3) is 0.697. The molecule has 5 rings (SSSR count). The second kappa shape index (κ2) is 8.71. The molecule has 1 aliphatic heterocycles. The van der Waals surface area contributed by atoms with Crippen molar-refractivity contribution in [3.63, 3.8) is 0 Å². The Hall–Kier alpha value is -2.10. The Balaban J connectivity index is 1.54. The minimum atomic E-state index is -0.113. The van der Waals surface area contributed by atoms with Crippen molar-refractivity contribution in [2.24, 2.45) is 28.6 Å². The van der Waals surface area contributed by atoms with Gasteiger partial charge in [-0.2, -0.15) is 0 Å². The van der Waals surface area contributed by atoms with E-state index in [0.717, 1.165) is 29.9 Å². The molecule has 5 atom stereocenters. The average Bonchev–Trinajstić information content (AvgIpc) is 3.19. The Bertz CT molecular complexity index is 1140. The van der Waals surface area contributed by atoms with E-state index in [0.29, 0.717) is 29.6 Å². The number of anilines is 1. The van der Waals surface area contributed by atoms with Crippen LogP contribution in [0.1, 0.15) is 111 Å². The third kappa shape index (κ3) is 4.46. The first-order valence-electron chi connectivity index (χ1n) is 14.6. The molecule has 3 fully saturated rings. The number of hydrogen-bond donors (Lipinski definition) is 1. The third-order valence-electron chi connectivity index (χ3n) is 10.7. The number of nitrogens with zero attached hydrogens (tertiary/aromatic N) is 1. The number of carbonyl (C=O) groups excluding carboxylic acids is 2. The van der Waals surface area contributed by atoms with Crippen molar-refractivity contribution in [2.75, 3.05) is 11.9 Å². The molecule has 0 aromatic heterocycles. The molecule has 1 aromatic carbocycles. The summed E-state index contributed by atoms with van der Waals surface area (Å²) < 4.78 is 0. The molecule has 3 aliphatic carbocycles. The summed E-state index contributed by atoms with van der Waals surface area (Å²) in [7, 11) is 0. The fourth-order valence-electron chi connectivity index (χ4n) is 8.44. The second-order valence-electron chi connectivity index (χ2n) is 15.2. The van der Waals surface area contributed by atoms with E-state index >= 15 is 0 Å². The largest absolute Gasteiger partial charge is 0.326 e. The predicted molar refractivity (Wildman–Crippen MR) is 152 cm³/mol. The van der Waals surface area contributed by atoms with Crippen LogP contribution in [-0.2, 0) is 15.6 Å². The molecule has 0 bridgehead atoms. The van der Waals surface area contributed by atoms with Crippen LogP contribution < -0.4 is 5.32 Å². The minimum Gasteiger partial charge on any atom is -0.307 e. The zero-order valence-corrected chi connectivity index (χ0v) is 24.5. The van der Waals surface area contributed by atoms with Crippen molar-refractivity contribution in [2.45, 2.75) is 111 Å². The van der Waals surface area contributed by atoms with E-state index in [1.807, 2.05) is 11.0 Å². The Labute approximate surface area is 224 Å². The number of fused-ring (bicyclic) bond motifs is 5. The van der Waals surface area contributed by atoms with Crippen LogP contribution in [0.15, 0.2) is 30.0 Å². The monoisotopic (exact) mass is 504 g/mol. The molecule has 1 heterocycles. The first kappa shape index (κ1) is 26.5. The van der Waals surface area contributed by atoms with Crippen LogP contribution in [0.2, 0.25) is 0 Å². The first-order chi connectivity index (χ1) is 17.1. The summed E-state index contributed by atoms with van der Waals surface area (Å²) in [5.41, 5.74) is 4.39. The third-order valence-corrected chi connectivity index (χ3v) is 10.7. The van der Waals surface area contributed by atoms with Gasteiger partial charge in [-0.15, -0.1) is 0 Å². The zero-order valence-electron chi connectivity index (χ0n) is 24.5. The van der Waals surface area contributed by atoms with Gasteiger partial charge in [-0.25, -0.2) is 4.79 Å². The number of benzene rings is 1. The van der Waals surface area contributed by atoms with Crippen molar-refractivity contribution in [1.82, 2.24) is 4.90 Å². The van der Waals surface area contributed by atoms with Gasteiger partial charge in [-0.1, -0.05) is 73.9 Å². The normalized spacial score (nSPS) is 33.8. The smallest absolute Gasteiger partial charge is 0.307 e. The van der Waals surface area contributed by atoms with Gasteiger partial charge in [0, 0.05) is 35.8 Å². The summed E-state index contributed by atoms with van der Waals surface area (Å²) in [6, 6.07) is 6.47. The lowest BCUT2D eigenvalue weighted by Crippen LogP contribution is -2.59. The number of amides is 2. The lowest BCUT2D eigenvalue weighted by atomic mass is 9.50. The molecular weight excluding hydrogens is 456 g/mol. The maximum Gasteiger partial charge on any atom is 0.326 e. The molecule has 202 valence electrons. The molecule has 1 aromatic rings. The van der Waals surface area contributed by atoms with Crippen LogP contribution in [0.4, 0.5) is 10.5 Å². The van der Waals surface area contributed by atoms with Gasteiger partial charge in [0.15, 0.2) is 5.78 Å². The summed E-state index contributed by atoms with van der Waals surface area (Å²) in [6.45, 7) is 18.8. The Morgan fingerprint density at radius 2 is 1.70 bits per heavy atom. The molecule has 2 amide bonds. The van der Waals surface area contributed by atoms with E-state index in [1.165, 1.54) is 37.7 Å². The molecular formula is C33H48N2O2. The molecule has 2 saturated carbocycles. The van der Waals surface area contributed by atoms with Gasteiger partial charge in [0.05, 0.1) is 0 Å². The average molecular weight is 505 g/mol. The number of rotatable bonds is 1. The Kier molecular flexibility index (Phi) is 6.24. The van der Waals surface area contributed by atoms with Crippen molar-refractivity contribution in [3.8, 4) is 0 Å². The highest BCUT2D eigenvalue weighted by Gasteiger charge is 2.58. The summed E-state index contributed by atoms with van der Waals surface area (Å²) >= 11 is 0. The van der Waals surface area contributed by atoms with Crippen LogP contribution in [0.25, 0.3) is 0 Å². The van der Waals surface area contributed by atoms with E-state index in [2.05, 4.69) is 78.9 Å². The molecule has 1 N–H and O–H groups in total. The molecule has 4 aliphatic rings. The Morgan fingerprint density at radius 1 is 0.973 bits per heavy atom. The van der Waals surface area contributed by atoms with Crippen molar-refractivity contribution >= 4 is 17.5 Å². The SMILES string of the molecule is CC(C)(C)c1ccc(C(C)(C)C)c(NC(=O)N2C[C@H]3[C@@H]4CCC[C@@]4(C)CC[C@@H]3[C@@]3(C)CCC(=O)C=C23)c1. The lowest BCUT2D eigenvalue weighted by molar-refractivity contribution is -0.118. The summed E-state index contributed by atoms with van der Waals surface area (Å²) in [6.07, 6.45) is 9.69. The lowest BCUT2D eigenvalue weighted by Gasteiger charge is -2.59. The fourth-order valence-corrected chi connectivity index (χ4v) is 8.44. The molecule has 0 spiro atoms. The number of hydrogen-bond acceptors (Lipinski definition) is 2. The molecule has 4 nitrogen and oxygen atoms in total. The maximum atomic E-state index is 14.2. The number of carbonyl (C=O) groups is 2. The topological polar surface area (TPSA) is 49.4 Å². The van der Waals surface area contributed by atoms with E-state index in [9.17, 15) is 9.59 Å². The number of ketones is 1. The van der Waals surface area contributed by atoms with Gasteiger partial charge in [0.2, 0.25) is 0 Å². The number of piperidine rings is 1. The van der Waals surface area contributed by atoms with Crippen LogP contribution in [0.3, 0.4) is 0 Å². The zero-order chi connectivity index (χ0) is 27.0. The minimum absolute atomic E-state index is 0.0137. The van der Waals surface area contributed by atoms with Gasteiger partial charge in [-0.05, 0) is 83.3 Å². The quantitative estimate of drug-likeness (QED) is 0.419. The molecule has 4 heteroatoms. The van der Waals surface area contributed by atoms with Crippen molar-refractivity contribution < 1.29 is 9.59 Å². The molecule has 37 heavy (non-hydrogen) atoms. The number of allylic oxidation sites excluding steroid dienone is 2. The van der Waals surface area contributed by atoms with E-state index < -0.39 is 0 Å². The summed E-state index contributed by atoms with van der Waals surface area (Å²) in [5.74, 6) is 1.90. The highest BCUT2D eigenvalue weighted by atomic mass is 16.2. The maximum absolute atomic E-state index is 14.2. The van der Waals surface area contributed by atoms with Crippen LogP contribution >= 0.6 is 0 Å². The predicted octanol–water partition coefficient (Wildman–Crippen LogP) is 8.21. The first-order valence-corrected chi connectivity index (χ1v) is 14.6. The molecule has 0 unspecified atom stereocenters. The van der Waals surface area contributed by atoms with Gasteiger partial charge in [0.1, 0.15) is 0 Å². The van der Waals surface area contributed by atoms with Gasteiger partial charge >= 0.3 is 6.03 Å². The molecule has 0 radical (unpaired) electrons. The van der Waals surface area contributed by atoms with Crippen molar-refractivity contribution in [1.29, 1.82) is 0 Å². The second-order valence-corrected chi connectivity index (χ2v) is 15.2. The van der Waals surface area contributed by atoms with E-state index in [-0.39, 0.29) is 28.1 Å². The highest BCUT2D eigenvalue weighted by molar-refractivity contribution is 5.96. The number of urea groups is 1. The summed E-state index contributed by atoms with van der Waals surface area (Å²) in [4.78, 5) is 28.9. The van der Waals surface area contributed by atoms with E-state index in [1.54, 1.807) is 0 Å². The van der Waals surface area contributed by atoms with Crippen LogP contribution in [0, 0.1) is 28.6 Å². The van der Waals surface area contributed by atoms with Crippen molar-refractivity contribution in [3.05, 3.63) is 41.1 Å². The summed E-state index contributed by atoms with van der Waals surface area (Å²) in [5, 5.41) is 3.36. The van der Waals surface area contributed by atoms with E-state index in [4.69, 9.17) is 0 Å². The standard InChI is InChI=1S/C33H48N2O2/c1-30(2,3)21-11-12-26(31(4,5)6)27(18-21)34-29(37)35-20-23-24-10-9-15-32(24,7)16-14-25(23)33(8)17-13-22(36)19-28(33)35/h11-12,18-19,23-25H,9-10,13-17,20H2,1-8H3,(H,34,37)/t23-,24-,25-,32-,33+/m0/s1. The van der Waals surface area contributed by atoms with Gasteiger partial charge in [0.25, 0.3) is 0 Å².